The van der Waals surface area contributed by atoms with Gasteiger partial charge in [-0.05, 0) is 42.4 Å². The third-order valence-corrected chi connectivity index (χ3v) is 5.84. The summed E-state index contributed by atoms with van der Waals surface area (Å²) < 4.78 is 2.35. The summed E-state index contributed by atoms with van der Waals surface area (Å²) in [4.78, 5) is 13.0. The highest BCUT2D eigenvalue weighted by Crippen LogP contribution is 2.24. The van der Waals surface area contributed by atoms with Crippen LogP contribution in [0.5, 0.6) is 0 Å². The van der Waals surface area contributed by atoms with Gasteiger partial charge in [-0.15, -0.1) is 0 Å². The van der Waals surface area contributed by atoms with E-state index in [-0.39, 0.29) is 18.4 Å². The normalized spacial score (nSPS) is 11.8. The van der Waals surface area contributed by atoms with Crippen molar-refractivity contribution in [2.45, 2.75) is 25.9 Å². The molecule has 0 aliphatic rings. The quantitative estimate of drug-likeness (QED) is 0.338. The minimum atomic E-state index is -0.269. The highest BCUT2D eigenvalue weighted by molar-refractivity contribution is 7.71. The molecule has 0 aliphatic carbocycles. The zero-order valence-electron chi connectivity index (χ0n) is 17.6. The molecule has 1 unspecified atom stereocenters. The number of nitrogens with zero attached hydrogens (tertiary/aromatic N) is 2. The molecule has 1 atom stereocenters. The summed E-state index contributed by atoms with van der Waals surface area (Å²) in [7, 11) is 0. The van der Waals surface area contributed by atoms with Crippen LogP contribution in [0.2, 0.25) is 5.02 Å². The Kier molecular flexibility index (Phi) is 6.83. The second-order valence-corrected chi connectivity index (χ2v) is 8.41. The molecule has 1 heterocycles. The van der Waals surface area contributed by atoms with Crippen molar-refractivity contribution in [1.29, 1.82) is 0 Å². The van der Waals surface area contributed by atoms with Gasteiger partial charge in [0.05, 0.1) is 6.04 Å². The van der Waals surface area contributed by atoms with Crippen LogP contribution in [0.4, 0.5) is 0 Å². The molecule has 4 rings (SSSR count). The molecule has 0 saturated heterocycles. The third-order valence-electron chi connectivity index (χ3n) is 5.27. The lowest BCUT2D eigenvalue weighted by Crippen LogP contribution is -2.30. The van der Waals surface area contributed by atoms with Gasteiger partial charge in [0.25, 0.3) is 0 Å². The van der Waals surface area contributed by atoms with Crippen LogP contribution in [-0.2, 0) is 11.3 Å². The number of amides is 1. The van der Waals surface area contributed by atoms with Crippen LogP contribution in [0.15, 0.2) is 78.9 Å². The number of hydrogen-bond acceptors (Lipinski definition) is 3. The van der Waals surface area contributed by atoms with E-state index in [1.165, 1.54) is 5.56 Å². The maximum absolute atomic E-state index is 13.0. The molecule has 4 aromatic rings. The van der Waals surface area contributed by atoms with Gasteiger partial charge in [0.1, 0.15) is 0 Å². The summed E-state index contributed by atoms with van der Waals surface area (Å²) in [5, 5.41) is 11.0. The van der Waals surface area contributed by atoms with Crippen LogP contribution in [0.3, 0.4) is 0 Å². The minimum absolute atomic E-state index is 0.0771. The number of carbonyl (C=O) groups excluding carboxylic acids is 1. The molecule has 2 N–H and O–H groups in total. The molecule has 5 nitrogen and oxygen atoms in total. The zero-order chi connectivity index (χ0) is 22.5. The molecule has 0 saturated carbocycles. The summed E-state index contributed by atoms with van der Waals surface area (Å²) in [6.45, 7) is 2.46. The Hall–Kier alpha value is -3.22. The lowest BCUT2D eigenvalue weighted by molar-refractivity contribution is -0.121. The van der Waals surface area contributed by atoms with Gasteiger partial charge < -0.3 is 5.32 Å². The molecule has 0 bridgehead atoms. The maximum Gasteiger partial charge on any atom is 0.222 e. The average molecular weight is 463 g/mol. The van der Waals surface area contributed by atoms with Crippen LogP contribution in [0.25, 0.3) is 11.4 Å². The zero-order valence-corrected chi connectivity index (χ0v) is 19.2. The van der Waals surface area contributed by atoms with E-state index >= 15 is 0 Å². The van der Waals surface area contributed by atoms with E-state index in [0.717, 1.165) is 22.5 Å². The van der Waals surface area contributed by atoms with E-state index in [1.54, 1.807) is 0 Å². The summed E-state index contributed by atoms with van der Waals surface area (Å²) in [5.41, 5.74) is 4.09. The van der Waals surface area contributed by atoms with Gasteiger partial charge in [0.15, 0.2) is 10.6 Å². The summed E-state index contributed by atoms with van der Waals surface area (Å²) in [5.74, 6) is 0.645. The SMILES string of the molecule is Cc1ccc(-c2n[nH]c(=S)n2CCC(=O)NC(c2ccccc2)c2ccc(Cl)cc2)cc1. The third kappa shape index (κ3) is 5.15. The minimum Gasteiger partial charge on any atom is -0.345 e. The lowest BCUT2D eigenvalue weighted by atomic mass is 9.98. The average Bonchev–Trinajstić information content (AvgIpc) is 3.18. The molecule has 3 aromatic carbocycles. The molecule has 0 spiro atoms. The Balaban J connectivity index is 1.51. The Morgan fingerprint density at radius 3 is 2.38 bits per heavy atom. The molecule has 0 fully saturated rings. The summed E-state index contributed by atoms with van der Waals surface area (Å²) in [6, 6.07) is 25.2. The number of aryl methyl sites for hydroxylation is 1. The predicted octanol–water partition coefficient (Wildman–Crippen LogP) is 5.87. The first-order valence-corrected chi connectivity index (χ1v) is 11.1. The number of hydrogen-bond donors (Lipinski definition) is 2. The number of benzene rings is 3. The summed E-state index contributed by atoms with van der Waals surface area (Å²) >= 11 is 11.5. The second-order valence-electron chi connectivity index (χ2n) is 7.58. The van der Waals surface area contributed by atoms with Crippen LogP contribution < -0.4 is 5.32 Å². The highest BCUT2D eigenvalue weighted by atomic mass is 35.5. The number of rotatable bonds is 7. The van der Waals surface area contributed by atoms with E-state index in [0.29, 0.717) is 16.3 Å². The van der Waals surface area contributed by atoms with Crippen molar-refractivity contribution < 1.29 is 4.79 Å². The Bertz CT molecular complexity index is 1250. The summed E-state index contributed by atoms with van der Waals surface area (Å²) in [6.07, 6.45) is 0.267. The van der Waals surface area contributed by atoms with Gasteiger partial charge in [0.2, 0.25) is 5.91 Å². The number of H-pyrrole nitrogens is 1. The largest absolute Gasteiger partial charge is 0.345 e. The molecule has 1 aromatic heterocycles. The van der Waals surface area contributed by atoms with Crippen molar-refractivity contribution in [1.82, 2.24) is 20.1 Å². The highest BCUT2D eigenvalue weighted by Gasteiger charge is 2.18. The first-order chi connectivity index (χ1) is 15.5. The maximum atomic E-state index is 13.0. The van der Waals surface area contributed by atoms with Gasteiger partial charge in [-0.3, -0.25) is 14.5 Å². The monoisotopic (exact) mass is 462 g/mol. The molecule has 32 heavy (non-hydrogen) atoms. The molecule has 1 amide bonds. The molecule has 0 aliphatic heterocycles. The van der Waals surface area contributed by atoms with Gasteiger partial charge in [0, 0.05) is 23.6 Å². The number of halogens is 1. The number of aromatic amines is 1. The van der Waals surface area contributed by atoms with Crippen molar-refractivity contribution >= 4 is 29.7 Å². The van der Waals surface area contributed by atoms with Crippen LogP contribution in [-0.4, -0.2) is 20.7 Å². The Labute approximate surface area is 197 Å². The number of aromatic nitrogens is 3. The van der Waals surface area contributed by atoms with E-state index in [1.807, 2.05) is 90.4 Å². The van der Waals surface area contributed by atoms with Crippen molar-refractivity contribution in [3.05, 3.63) is 105 Å². The molecule has 0 radical (unpaired) electrons. The predicted molar refractivity (Wildman–Crippen MR) is 130 cm³/mol. The lowest BCUT2D eigenvalue weighted by Gasteiger charge is -2.20. The van der Waals surface area contributed by atoms with E-state index in [2.05, 4.69) is 15.5 Å². The van der Waals surface area contributed by atoms with Crippen molar-refractivity contribution in [3.63, 3.8) is 0 Å². The van der Waals surface area contributed by atoms with E-state index < -0.39 is 0 Å². The smallest absolute Gasteiger partial charge is 0.222 e. The van der Waals surface area contributed by atoms with Crippen molar-refractivity contribution in [2.24, 2.45) is 0 Å². The molecule has 162 valence electrons. The fraction of sp³-hybridized carbons (Fsp3) is 0.160. The first-order valence-electron chi connectivity index (χ1n) is 10.3. The standard InChI is InChI=1S/C25H23ClN4OS/c1-17-7-9-20(10-8-17)24-28-29-25(32)30(24)16-15-22(31)27-23(18-5-3-2-4-6-18)19-11-13-21(26)14-12-19/h2-14,23H,15-16H2,1H3,(H,27,31)(H,29,32). The van der Waals surface area contributed by atoms with Gasteiger partial charge in [-0.1, -0.05) is 83.9 Å². The molecular formula is C25H23ClN4OS. The topological polar surface area (TPSA) is 62.7 Å². The van der Waals surface area contributed by atoms with Gasteiger partial charge >= 0.3 is 0 Å². The first kappa shape index (κ1) is 22.0. The number of nitrogens with one attached hydrogen (secondary N) is 2. The van der Waals surface area contributed by atoms with Crippen molar-refractivity contribution in [2.75, 3.05) is 0 Å². The van der Waals surface area contributed by atoms with E-state index in [4.69, 9.17) is 23.8 Å². The fourth-order valence-electron chi connectivity index (χ4n) is 3.55. The van der Waals surface area contributed by atoms with Crippen molar-refractivity contribution in [3.8, 4) is 11.4 Å². The van der Waals surface area contributed by atoms with Crippen LogP contribution in [0, 0.1) is 11.7 Å². The Morgan fingerprint density at radius 1 is 1.03 bits per heavy atom. The van der Waals surface area contributed by atoms with Gasteiger partial charge in [-0.25, -0.2) is 0 Å². The molecule has 7 heteroatoms. The fourth-order valence-corrected chi connectivity index (χ4v) is 3.90. The molecular weight excluding hydrogens is 440 g/mol. The second kappa shape index (κ2) is 9.94. The van der Waals surface area contributed by atoms with E-state index in [9.17, 15) is 4.79 Å². The number of carbonyl (C=O) groups is 1. The van der Waals surface area contributed by atoms with Gasteiger partial charge in [-0.2, -0.15) is 5.10 Å². The van der Waals surface area contributed by atoms with Crippen LogP contribution in [0.1, 0.15) is 29.2 Å². The van der Waals surface area contributed by atoms with Crippen LogP contribution >= 0.6 is 23.8 Å². The Morgan fingerprint density at radius 2 is 1.69 bits per heavy atom.